The van der Waals surface area contributed by atoms with Crippen molar-refractivity contribution in [2.24, 2.45) is 0 Å². The van der Waals surface area contributed by atoms with Gasteiger partial charge in [-0.1, -0.05) is 18.2 Å². The standard InChI is InChI=1S/C22H23N3O2/c1-27-21-7-5-6-19(15-21)24-22(26)18(16-23)14-17-8-10-20(11-9-17)25-12-3-2-4-13-25/h5-11,14-15H,2-4,12-13H2,1H3,(H,24,26)/b18-14-. The SMILES string of the molecule is COc1cccc(NC(=O)/C(C#N)=C\c2ccc(N3CCCCC3)cc2)c1. The first-order valence-electron chi connectivity index (χ1n) is 9.12. The summed E-state index contributed by atoms with van der Waals surface area (Å²) < 4.78 is 5.15. The van der Waals surface area contributed by atoms with Crippen LogP contribution in [0.3, 0.4) is 0 Å². The van der Waals surface area contributed by atoms with Crippen molar-refractivity contribution < 1.29 is 9.53 Å². The highest BCUT2D eigenvalue weighted by Gasteiger charge is 2.12. The summed E-state index contributed by atoms with van der Waals surface area (Å²) in [6, 6.07) is 17.0. The smallest absolute Gasteiger partial charge is 0.266 e. The quantitative estimate of drug-likeness (QED) is 0.639. The highest BCUT2D eigenvalue weighted by Crippen LogP contribution is 2.22. The topological polar surface area (TPSA) is 65.4 Å². The Labute approximate surface area is 159 Å². The Morgan fingerprint density at radius 2 is 1.89 bits per heavy atom. The van der Waals surface area contributed by atoms with Gasteiger partial charge in [0.25, 0.3) is 5.91 Å². The number of anilines is 2. The number of nitriles is 1. The lowest BCUT2D eigenvalue weighted by atomic mass is 10.1. The number of carbonyl (C=O) groups excluding carboxylic acids is 1. The molecule has 27 heavy (non-hydrogen) atoms. The van der Waals surface area contributed by atoms with Gasteiger partial charge in [0.1, 0.15) is 17.4 Å². The molecule has 3 rings (SSSR count). The van der Waals surface area contributed by atoms with E-state index in [0.717, 1.165) is 18.7 Å². The average Bonchev–Trinajstić information content (AvgIpc) is 2.73. The predicted octanol–water partition coefficient (Wildman–Crippen LogP) is 4.23. The molecule has 1 N–H and O–H groups in total. The number of hydrogen-bond donors (Lipinski definition) is 1. The lowest BCUT2D eigenvalue weighted by molar-refractivity contribution is -0.112. The molecule has 5 heteroatoms. The summed E-state index contributed by atoms with van der Waals surface area (Å²) in [5.74, 6) is 0.203. The van der Waals surface area contributed by atoms with Crippen molar-refractivity contribution in [2.45, 2.75) is 19.3 Å². The first-order valence-corrected chi connectivity index (χ1v) is 9.12. The lowest BCUT2D eigenvalue weighted by Gasteiger charge is -2.28. The van der Waals surface area contributed by atoms with Crippen LogP contribution in [-0.4, -0.2) is 26.1 Å². The number of rotatable bonds is 5. The maximum absolute atomic E-state index is 12.4. The van der Waals surface area contributed by atoms with Crippen molar-refractivity contribution in [3.8, 4) is 11.8 Å². The molecular formula is C22H23N3O2. The number of ether oxygens (including phenoxy) is 1. The number of methoxy groups -OCH3 is 1. The van der Waals surface area contributed by atoms with E-state index in [9.17, 15) is 10.1 Å². The van der Waals surface area contributed by atoms with Gasteiger partial charge >= 0.3 is 0 Å². The molecule has 1 fully saturated rings. The van der Waals surface area contributed by atoms with Crippen LogP contribution in [0.4, 0.5) is 11.4 Å². The van der Waals surface area contributed by atoms with Crippen molar-refractivity contribution in [1.29, 1.82) is 5.26 Å². The van der Waals surface area contributed by atoms with Gasteiger partial charge in [-0.3, -0.25) is 4.79 Å². The zero-order valence-corrected chi connectivity index (χ0v) is 15.4. The van der Waals surface area contributed by atoms with E-state index in [1.807, 2.05) is 30.3 Å². The highest BCUT2D eigenvalue weighted by molar-refractivity contribution is 6.09. The van der Waals surface area contributed by atoms with E-state index < -0.39 is 5.91 Å². The first-order chi connectivity index (χ1) is 13.2. The third kappa shape index (κ3) is 4.89. The van der Waals surface area contributed by atoms with E-state index in [4.69, 9.17) is 4.74 Å². The zero-order valence-electron chi connectivity index (χ0n) is 15.4. The molecule has 1 heterocycles. The maximum atomic E-state index is 12.4. The highest BCUT2D eigenvalue weighted by atomic mass is 16.5. The second-order valence-electron chi connectivity index (χ2n) is 6.50. The van der Waals surface area contributed by atoms with Gasteiger partial charge in [0.05, 0.1) is 7.11 Å². The molecule has 2 aromatic rings. The fourth-order valence-corrected chi connectivity index (χ4v) is 3.15. The van der Waals surface area contributed by atoms with E-state index in [2.05, 4.69) is 10.2 Å². The average molecular weight is 361 g/mol. The van der Waals surface area contributed by atoms with E-state index in [1.54, 1.807) is 37.5 Å². The molecule has 0 bridgehead atoms. The summed E-state index contributed by atoms with van der Waals surface area (Å²) in [7, 11) is 1.56. The largest absolute Gasteiger partial charge is 0.497 e. The van der Waals surface area contributed by atoms with Crippen molar-refractivity contribution in [3.05, 3.63) is 59.7 Å². The van der Waals surface area contributed by atoms with Crippen LogP contribution in [0, 0.1) is 11.3 Å². The third-order valence-electron chi connectivity index (χ3n) is 4.62. The zero-order chi connectivity index (χ0) is 19.1. The van der Waals surface area contributed by atoms with Crippen LogP contribution in [-0.2, 0) is 4.79 Å². The van der Waals surface area contributed by atoms with Crippen LogP contribution < -0.4 is 15.0 Å². The molecule has 0 aromatic heterocycles. The number of carbonyl (C=O) groups is 1. The van der Waals surface area contributed by atoms with Gasteiger partial charge in [-0.05, 0) is 55.2 Å². The predicted molar refractivity (Wildman–Crippen MR) is 108 cm³/mol. The summed E-state index contributed by atoms with van der Waals surface area (Å²) in [5.41, 5.74) is 2.66. The van der Waals surface area contributed by atoms with Crippen LogP contribution in [0.5, 0.6) is 5.75 Å². The molecule has 1 aliphatic rings. The van der Waals surface area contributed by atoms with E-state index in [-0.39, 0.29) is 5.57 Å². The minimum atomic E-state index is -0.439. The number of nitrogens with zero attached hydrogens (tertiary/aromatic N) is 2. The van der Waals surface area contributed by atoms with Gasteiger partial charge in [0, 0.05) is 30.5 Å². The summed E-state index contributed by atoms with van der Waals surface area (Å²) in [4.78, 5) is 14.8. The molecule has 1 aliphatic heterocycles. The molecule has 2 aromatic carbocycles. The first kappa shape index (κ1) is 18.5. The normalized spacial score (nSPS) is 14.4. The van der Waals surface area contributed by atoms with Crippen LogP contribution in [0.25, 0.3) is 6.08 Å². The van der Waals surface area contributed by atoms with Gasteiger partial charge in [0.15, 0.2) is 0 Å². The molecule has 0 aliphatic carbocycles. The number of amides is 1. The molecule has 1 saturated heterocycles. The second-order valence-corrected chi connectivity index (χ2v) is 6.50. The summed E-state index contributed by atoms with van der Waals surface area (Å²) in [6.07, 6.45) is 5.36. The Balaban J connectivity index is 1.71. The summed E-state index contributed by atoms with van der Waals surface area (Å²) >= 11 is 0. The molecular weight excluding hydrogens is 338 g/mol. The van der Waals surface area contributed by atoms with Crippen molar-refractivity contribution >= 4 is 23.4 Å². The number of piperidine rings is 1. The Morgan fingerprint density at radius 3 is 2.56 bits per heavy atom. The Hall–Kier alpha value is -3.26. The van der Waals surface area contributed by atoms with Crippen molar-refractivity contribution in [2.75, 3.05) is 30.4 Å². The van der Waals surface area contributed by atoms with Crippen LogP contribution in [0.15, 0.2) is 54.1 Å². The Morgan fingerprint density at radius 1 is 1.15 bits per heavy atom. The molecule has 0 unspecified atom stereocenters. The van der Waals surface area contributed by atoms with Crippen LogP contribution >= 0.6 is 0 Å². The maximum Gasteiger partial charge on any atom is 0.266 e. The van der Waals surface area contributed by atoms with E-state index in [0.29, 0.717) is 11.4 Å². The lowest BCUT2D eigenvalue weighted by Crippen LogP contribution is -2.29. The third-order valence-corrected chi connectivity index (χ3v) is 4.62. The number of nitrogens with one attached hydrogen (secondary N) is 1. The Bertz CT molecular complexity index is 860. The monoisotopic (exact) mass is 361 g/mol. The molecule has 1 amide bonds. The Kier molecular flexibility index (Phi) is 6.11. The number of hydrogen-bond acceptors (Lipinski definition) is 4. The minimum Gasteiger partial charge on any atom is -0.497 e. The van der Waals surface area contributed by atoms with E-state index in [1.165, 1.54) is 24.9 Å². The molecule has 138 valence electrons. The molecule has 0 saturated carbocycles. The van der Waals surface area contributed by atoms with Gasteiger partial charge in [-0.25, -0.2) is 0 Å². The van der Waals surface area contributed by atoms with Gasteiger partial charge in [-0.2, -0.15) is 5.26 Å². The van der Waals surface area contributed by atoms with Crippen molar-refractivity contribution in [1.82, 2.24) is 0 Å². The fourth-order valence-electron chi connectivity index (χ4n) is 3.15. The number of benzene rings is 2. The summed E-state index contributed by atoms with van der Waals surface area (Å²) in [5, 5.41) is 12.1. The van der Waals surface area contributed by atoms with Crippen LogP contribution in [0.2, 0.25) is 0 Å². The van der Waals surface area contributed by atoms with Crippen molar-refractivity contribution in [3.63, 3.8) is 0 Å². The molecule has 0 spiro atoms. The minimum absolute atomic E-state index is 0.0588. The van der Waals surface area contributed by atoms with E-state index >= 15 is 0 Å². The molecule has 0 radical (unpaired) electrons. The van der Waals surface area contributed by atoms with Crippen LogP contribution in [0.1, 0.15) is 24.8 Å². The molecule has 5 nitrogen and oxygen atoms in total. The molecule has 0 atom stereocenters. The van der Waals surface area contributed by atoms with Gasteiger partial charge < -0.3 is 15.0 Å². The van der Waals surface area contributed by atoms with Gasteiger partial charge in [0.2, 0.25) is 0 Å². The second kappa shape index (κ2) is 8.91. The van der Waals surface area contributed by atoms with Gasteiger partial charge in [-0.15, -0.1) is 0 Å². The summed E-state index contributed by atoms with van der Waals surface area (Å²) in [6.45, 7) is 2.17. The fraction of sp³-hybridized carbons (Fsp3) is 0.273.